The van der Waals surface area contributed by atoms with E-state index >= 15 is 0 Å². The molecule has 1 amide bonds. The van der Waals surface area contributed by atoms with Crippen LogP contribution in [0.3, 0.4) is 0 Å². The summed E-state index contributed by atoms with van der Waals surface area (Å²) in [4.78, 5) is 13.5. The lowest BCUT2D eigenvalue weighted by atomic mass is 10.2. The van der Waals surface area contributed by atoms with Crippen LogP contribution in [0.25, 0.3) is 0 Å². The van der Waals surface area contributed by atoms with E-state index in [2.05, 4.69) is 5.32 Å². The Morgan fingerprint density at radius 3 is 2.30 bits per heavy atom. The van der Waals surface area contributed by atoms with E-state index in [0.29, 0.717) is 5.56 Å². The number of nitrogens with zero attached hydrogens (tertiary/aromatic N) is 1. The molecule has 0 fully saturated rings. The van der Waals surface area contributed by atoms with Gasteiger partial charge >= 0.3 is 6.18 Å². The first kappa shape index (κ1) is 16.3. The lowest BCUT2D eigenvalue weighted by molar-refractivity contribution is -0.204. The SMILES string of the molecule is CN(C)c1ccc(C(=O)NCCC(O)C(F)(F)F)cc1. The summed E-state index contributed by atoms with van der Waals surface area (Å²) in [6, 6.07) is 6.65. The van der Waals surface area contributed by atoms with Gasteiger partial charge in [0.15, 0.2) is 6.10 Å². The molecule has 0 spiro atoms. The van der Waals surface area contributed by atoms with E-state index in [1.807, 2.05) is 19.0 Å². The summed E-state index contributed by atoms with van der Waals surface area (Å²) in [5.41, 5.74) is 1.27. The van der Waals surface area contributed by atoms with Crippen molar-refractivity contribution < 1.29 is 23.1 Å². The fourth-order valence-electron chi connectivity index (χ4n) is 1.50. The Morgan fingerprint density at radius 1 is 1.30 bits per heavy atom. The highest BCUT2D eigenvalue weighted by Crippen LogP contribution is 2.21. The number of hydrogen-bond acceptors (Lipinski definition) is 3. The number of rotatable bonds is 5. The number of aliphatic hydroxyl groups excluding tert-OH is 1. The molecule has 2 N–H and O–H groups in total. The van der Waals surface area contributed by atoms with E-state index in [0.717, 1.165) is 5.69 Å². The van der Waals surface area contributed by atoms with Crippen LogP contribution in [0.2, 0.25) is 0 Å². The molecule has 112 valence electrons. The van der Waals surface area contributed by atoms with Crippen molar-refractivity contribution in [3.63, 3.8) is 0 Å². The molecule has 1 atom stereocenters. The molecule has 1 aromatic carbocycles. The van der Waals surface area contributed by atoms with Crippen LogP contribution < -0.4 is 10.2 Å². The number of amides is 1. The quantitative estimate of drug-likeness (QED) is 0.869. The average molecular weight is 290 g/mol. The number of nitrogens with one attached hydrogen (secondary N) is 1. The molecule has 0 aliphatic carbocycles. The molecule has 1 aromatic rings. The van der Waals surface area contributed by atoms with Gasteiger partial charge in [-0.3, -0.25) is 4.79 Å². The first-order chi connectivity index (χ1) is 9.21. The van der Waals surface area contributed by atoms with Gasteiger partial charge in [0.2, 0.25) is 0 Å². The number of anilines is 1. The number of carbonyl (C=O) groups is 1. The molecule has 0 saturated heterocycles. The summed E-state index contributed by atoms with van der Waals surface area (Å²) >= 11 is 0. The van der Waals surface area contributed by atoms with Gasteiger partial charge in [0.25, 0.3) is 5.91 Å². The van der Waals surface area contributed by atoms with Crippen LogP contribution >= 0.6 is 0 Å². The predicted octanol–water partition coefficient (Wildman–Crippen LogP) is 1.80. The molecule has 0 aliphatic heterocycles. The van der Waals surface area contributed by atoms with Crippen molar-refractivity contribution in [2.24, 2.45) is 0 Å². The second-order valence-electron chi connectivity index (χ2n) is 4.54. The maximum absolute atomic E-state index is 12.0. The second-order valence-corrected chi connectivity index (χ2v) is 4.54. The maximum atomic E-state index is 12.0. The summed E-state index contributed by atoms with van der Waals surface area (Å²) in [5, 5.41) is 11.1. The molecule has 1 unspecified atom stereocenters. The van der Waals surface area contributed by atoms with Gasteiger partial charge in [-0.05, 0) is 30.7 Å². The van der Waals surface area contributed by atoms with Crippen molar-refractivity contribution in [3.05, 3.63) is 29.8 Å². The number of hydrogen-bond donors (Lipinski definition) is 2. The van der Waals surface area contributed by atoms with Crippen molar-refractivity contribution in [1.82, 2.24) is 5.32 Å². The maximum Gasteiger partial charge on any atom is 0.414 e. The largest absolute Gasteiger partial charge is 0.414 e. The predicted molar refractivity (Wildman–Crippen MR) is 69.8 cm³/mol. The Hall–Kier alpha value is -1.76. The minimum absolute atomic E-state index is 0.241. The minimum atomic E-state index is -4.65. The first-order valence-electron chi connectivity index (χ1n) is 6.02. The number of carbonyl (C=O) groups excluding carboxylic acids is 1. The molecule has 0 radical (unpaired) electrons. The van der Waals surface area contributed by atoms with Crippen molar-refractivity contribution >= 4 is 11.6 Å². The molecular formula is C13H17F3N2O2. The van der Waals surface area contributed by atoms with Crippen LogP contribution in [0.1, 0.15) is 16.8 Å². The topological polar surface area (TPSA) is 52.6 Å². The van der Waals surface area contributed by atoms with Crippen molar-refractivity contribution in [3.8, 4) is 0 Å². The standard InChI is InChI=1S/C13H17F3N2O2/c1-18(2)10-5-3-9(4-6-10)12(20)17-8-7-11(19)13(14,15)16/h3-6,11,19H,7-8H2,1-2H3,(H,17,20). The zero-order valence-electron chi connectivity index (χ0n) is 11.2. The van der Waals surface area contributed by atoms with Crippen LogP contribution in [-0.4, -0.2) is 43.9 Å². The Kier molecular flexibility index (Phi) is 5.38. The average Bonchev–Trinajstić information content (AvgIpc) is 2.37. The van der Waals surface area contributed by atoms with Crippen molar-refractivity contribution in [2.45, 2.75) is 18.7 Å². The van der Waals surface area contributed by atoms with Gasteiger partial charge in [-0.15, -0.1) is 0 Å². The van der Waals surface area contributed by atoms with Crippen LogP contribution in [0.4, 0.5) is 18.9 Å². The fourth-order valence-corrected chi connectivity index (χ4v) is 1.50. The molecule has 1 rings (SSSR count). The number of benzene rings is 1. The molecule has 20 heavy (non-hydrogen) atoms. The smallest absolute Gasteiger partial charge is 0.384 e. The molecule has 4 nitrogen and oxygen atoms in total. The van der Waals surface area contributed by atoms with Gasteiger partial charge in [0.05, 0.1) is 0 Å². The Bertz CT molecular complexity index is 444. The molecule has 7 heteroatoms. The highest BCUT2D eigenvalue weighted by molar-refractivity contribution is 5.94. The molecule has 0 heterocycles. The third-order valence-corrected chi connectivity index (χ3v) is 2.73. The molecule has 0 saturated carbocycles. The number of halogens is 3. The molecule has 0 bridgehead atoms. The summed E-state index contributed by atoms with van der Waals surface area (Å²) in [6.45, 7) is -0.241. The van der Waals surface area contributed by atoms with E-state index in [1.165, 1.54) is 0 Å². The lowest BCUT2D eigenvalue weighted by Crippen LogP contribution is -2.34. The highest BCUT2D eigenvalue weighted by Gasteiger charge is 2.37. The highest BCUT2D eigenvalue weighted by atomic mass is 19.4. The minimum Gasteiger partial charge on any atom is -0.384 e. The van der Waals surface area contributed by atoms with Crippen LogP contribution in [0, 0.1) is 0 Å². The molecule has 0 aromatic heterocycles. The number of alkyl halides is 3. The molecular weight excluding hydrogens is 273 g/mol. The summed E-state index contributed by atoms with van der Waals surface area (Å²) in [7, 11) is 3.71. The summed E-state index contributed by atoms with van der Waals surface area (Å²) in [6.07, 6.45) is -7.64. The third kappa shape index (κ3) is 4.73. The zero-order valence-corrected chi connectivity index (χ0v) is 11.2. The Morgan fingerprint density at radius 2 is 1.85 bits per heavy atom. The Balaban J connectivity index is 2.47. The summed E-state index contributed by atoms with van der Waals surface area (Å²) in [5.74, 6) is -0.468. The Labute approximate surface area is 115 Å². The van der Waals surface area contributed by atoms with E-state index in [-0.39, 0.29) is 6.54 Å². The molecule has 0 aliphatic rings. The van der Waals surface area contributed by atoms with Crippen LogP contribution in [0.15, 0.2) is 24.3 Å². The fraction of sp³-hybridized carbons (Fsp3) is 0.462. The van der Waals surface area contributed by atoms with Gasteiger partial charge in [-0.1, -0.05) is 0 Å². The van der Waals surface area contributed by atoms with E-state index in [1.54, 1.807) is 24.3 Å². The van der Waals surface area contributed by atoms with Crippen molar-refractivity contribution in [1.29, 1.82) is 0 Å². The van der Waals surface area contributed by atoms with Gasteiger partial charge in [-0.25, -0.2) is 0 Å². The first-order valence-corrected chi connectivity index (χ1v) is 6.02. The van der Waals surface area contributed by atoms with Crippen molar-refractivity contribution in [2.75, 3.05) is 25.5 Å². The van der Waals surface area contributed by atoms with Gasteiger partial charge in [0.1, 0.15) is 0 Å². The van der Waals surface area contributed by atoms with Crippen LogP contribution in [-0.2, 0) is 0 Å². The van der Waals surface area contributed by atoms with Gasteiger partial charge in [0, 0.05) is 31.9 Å². The van der Waals surface area contributed by atoms with Crippen LogP contribution in [0.5, 0.6) is 0 Å². The van der Waals surface area contributed by atoms with E-state index in [9.17, 15) is 18.0 Å². The summed E-state index contributed by atoms with van der Waals surface area (Å²) < 4.78 is 36.1. The lowest BCUT2D eigenvalue weighted by Gasteiger charge is -2.15. The monoisotopic (exact) mass is 290 g/mol. The normalized spacial score (nSPS) is 12.9. The van der Waals surface area contributed by atoms with Gasteiger partial charge in [-0.2, -0.15) is 13.2 Å². The van der Waals surface area contributed by atoms with Gasteiger partial charge < -0.3 is 15.3 Å². The number of aliphatic hydroxyl groups is 1. The zero-order chi connectivity index (χ0) is 15.3. The second kappa shape index (κ2) is 6.60. The van der Waals surface area contributed by atoms with E-state index < -0.39 is 24.6 Å². The van der Waals surface area contributed by atoms with E-state index in [4.69, 9.17) is 5.11 Å². The third-order valence-electron chi connectivity index (χ3n) is 2.73.